The number of hydrogen-bond acceptors (Lipinski definition) is 4. The molecule has 2 rings (SSSR count). The minimum absolute atomic E-state index is 0. The van der Waals surface area contributed by atoms with Crippen molar-refractivity contribution in [2.45, 2.75) is 26.0 Å². The maximum absolute atomic E-state index is 9.54. The molecule has 2 aromatic rings. The highest BCUT2D eigenvalue weighted by molar-refractivity contribution is 5.85. The average molecular weight is 297 g/mol. The molecular weight excluding hydrogens is 276 g/mol. The van der Waals surface area contributed by atoms with Gasteiger partial charge < -0.3 is 15.2 Å². The highest BCUT2D eigenvalue weighted by Crippen LogP contribution is 2.22. The number of nitrogens with zero attached hydrogens (tertiary/aromatic N) is 1. The number of methoxy groups -OCH3 is 1. The van der Waals surface area contributed by atoms with Gasteiger partial charge >= 0.3 is 0 Å². The topological polar surface area (TPSA) is 54.4 Å². The molecule has 1 heterocycles. The summed E-state index contributed by atoms with van der Waals surface area (Å²) < 4.78 is 5.25. The molecule has 20 heavy (non-hydrogen) atoms. The first-order chi connectivity index (χ1) is 9.24. The quantitative estimate of drug-likeness (QED) is 0.860. The molecule has 0 saturated carbocycles. The van der Waals surface area contributed by atoms with Gasteiger partial charge in [0.2, 0.25) is 0 Å². The SMILES string of the molecule is CCC(O)CNCc1ccnc2ccc(OC)cc12.Cl. The van der Waals surface area contributed by atoms with Gasteiger partial charge in [-0.05, 0) is 36.2 Å². The van der Waals surface area contributed by atoms with Crippen LogP contribution >= 0.6 is 12.4 Å². The van der Waals surface area contributed by atoms with Crippen molar-refractivity contribution in [3.05, 3.63) is 36.0 Å². The molecular formula is C15H21ClN2O2. The van der Waals surface area contributed by atoms with Crippen LogP contribution in [0.15, 0.2) is 30.5 Å². The molecule has 1 atom stereocenters. The van der Waals surface area contributed by atoms with Crippen molar-refractivity contribution in [1.82, 2.24) is 10.3 Å². The second-order valence-electron chi connectivity index (χ2n) is 4.55. The van der Waals surface area contributed by atoms with Gasteiger partial charge in [0.05, 0.1) is 18.7 Å². The molecule has 0 aliphatic rings. The van der Waals surface area contributed by atoms with Gasteiger partial charge in [0.25, 0.3) is 0 Å². The predicted octanol–water partition coefficient (Wildman–Crippen LogP) is 2.53. The van der Waals surface area contributed by atoms with E-state index in [1.54, 1.807) is 7.11 Å². The van der Waals surface area contributed by atoms with Crippen LogP contribution in [0.25, 0.3) is 10.9 Å². The van der Waals surface area contributed by atoms with Gasteiger partial charge in [-0.2, -0.15) is 0 Å². The third kappa shape index (κ3) is 4.07. The monoisotopic (exact) mass is 296 g/mol. The first-order valence-corrected chi connectivity index (χ1v) is 6.55. The standard InChI is InChI=1S/C15H20N2O2.ClH/c1-3-12(18)10-16-9-11-6-7-17-15-5-4-13(19-2)8-14(11)15;/h4-8,12,16,18H,3,9-10H2,1-2H3;1H. The van der Waals surface area contributed by atoms with E-state index in [2.05, 4.69) is 10.3 Å². The van der Waals surface area contributed by atoms with Crippen molar-refractivity contribution in [2.75, 3.05) is 13.7 Å². The maximum atomic E-state index is 9.54. The Balaban J connectivity index is 0.00000200. The molecule has 0 aliphatic heterocycles. The molecule has 1 aromatic carbocycles. The number of aliphatic hydroxyl groups excluding tert-OH is 1. The van der Waals surface area contributed by atoms with Crippen molar-refractivity contribution < 1.29 is 9.84 Å². The fourth-order valence-corrected chi connectivity index (χ4v) is 1.98. The number of aliphatic hydroxyl groups is 1. The number of hydrogen-bond donors (Lipinski definition) is 2. The number of nitrogens with one attached hydrogen (secondary N) is 1. The van der Waals surface area contributed by atoms with Crippen LogP contribution in [0.1, 0.15) is 18.9 Å². The lowest BCUT2D eigenvalue weighted by atomic mass is 10.1. The fourth-order valence-electron chi connectivity index (χ4n) is 1.98. The molecule has 0 fully saturated rings. The third-order valence-corrected chi connectivity index (χ3v) is 3.21. The number of aromatic nitrogens is 1. The van der Waals surface area contributed by atoms with Crippen LogP contribution in [0.2, 0.25) is 0 Å². The molecule has 0 radical (unpaired) electrons. The number of fused-ring (bicyclic) bond motifs is 1. The highest BCUT2D eigenvalue weighted by atomic mass is 35.5. The lowest BCUT2D eigenvalue weighted by Crippen LogP contribution is -2.25. The third-order valence-electron chi connectivity index (χ3n) is 3.21. The van der Waals surface area contributed by atoms with Crippen molar-refractivity contribution >= 4 is 23.3 Å². The van der Waals surface area contributed by atoms with Gasteiger partial charge in [0.15, 0.2) is 0 Å². The first kappa shape index (κ1) is 16.7. The van der Waals surface area contributed by atoms with Crippen LogP contribution in [0.5, 0.6) is 5.75 Å². The molecule has 0 spiro atoms. The van der Waals surface area contributed by atoms with Gasteiger partial charge in [0.1, 0.15) is 5.75 Å². The number of pyridine rings is 1. The normalized spacial score (nSPS) is 11.9. The summed E-state index contributed by atoms with van der Waals surface area (Å²) in [5, 5.41) is 13.9. The Hall–Kier alpha value is -1.36. The van der Waals surface area contributed by atoms with E-state index in [0.29, 0.717) is 13.1 Å². The summed E-state index contributed by atoms with van der Waals surface area (Å²) in [7, 11) is 1.66. The summed E-state index contributed by atoms with van der Waals surface area (Å²) in [6.07, 6.45) is 2.28. The van der Waals surface area contributed by atoms with Gasteiger partial charge in [-0.3, -0.25) is 4.98 Å². The Kier molecular flexibility index (Phi) is 6.71. The number of rotatable bonds is 6. The van der Waals surface area contributed by atoms with Crippen LogP contribution in [0.3, 0.4) is 0 Å². The molecule has 1 aromatic heterocycles. The Morgan fingerprint density at radius 2 is 2.15 bits per heavy atom. The van der Waals surface area contributed by atoms with E-state index in [0.717, 1.165) is 28.6 Å². The van der Waals surface area contributed by atoms with Crippen molar-refractivity contribution in [1.29, 1.82) is 0 Å². The molecule has 2 N–H and O–H groups in total. The van der Waals surface area contributed by atoms with Crippen LogP contribution < -0.4 is 10.1 Å². The Bertz CT molecular complexity index is 548. The zero-order valence-corrected chi connectivity index (χ0v) is 12.6. The van der Waals surface area contributed by atoms with E-state index in [4.69, 9.17) is 4.74 Å². The van der Waals surface area contributed by atoms with Crippen LogP contribution in [-0.2, 0) is 6.54 Å². The van der Waals surface area contributed by atoms with Crippen molar-refractivity contribution in [3.63, 3.8) is 0 Å². The van der Waals surface area contributed by atoms with E-state index >= 15 is 0 Å². The number of benzene rings is 1. The predicted molar refractivity (Wildman–Crippen MR) is 83.5 cm³/mol. The lowest BCUT2D eigenvalue weighted by molar-refractivity contribution is 0.167. The average Bonchev–Trinajstić information content (AvgIpc) is 2.46. The lowest BCUT2D eigenvalue weighted by Gasteiger charge is -2.11. The molecule has 4 nitrogen and oxygen atoms in total. The Morgan fingerprint density at radius 3 is 2.85 bits per heavy atom. The minimum Gasteiger partial charge on any atom is -0.497 e. The second kappa shape index (κ2) is 8.04. The van der Waals surface area contributed by atoms with E-state index in [1.807, 2.05) is 37.4 Å². The summed E-state index contributed by atoms with van der Waals surface area (Å²) in [4.78, 5) is 4.34. The van der Waals surface area contributed by atoms with Gasteiger partial charge in [-0.15, -0.1) is 12.4 Å². The van der Waals surface area contributed by atoms with Crippen molar-refractivity contribution in [3.8, 4) is 5.75 Å². The molecule has 5 heteroatoms. The highest BCUT2D eigenvalue weighted by Gasteiger charge is 2.05. The van der Waals surface area contributed by atoms with E-state index in [9.17, 15) is 5.11 Å². The smallest absolute Gasteiger partial charge is 0.119 e. The Morgan fingerprint density at radius 1 is 1.35 bits per heavy atom. The van der Waals surface area contributed by atoms with Gasteiger partial charge in [0, 0.05) is 24.7 Å². The first-order valence-electron chi connectivity index (χ1n) is 6.55. The van der Waals surface area contributed by atoms with Crippen LogP contribution in [0.4, 0.5) is 0 Å². The summed E-state index contributed by atoms with van der Waals surface area (Å²) in [5.74, 6) is 0.829. The molecule has 0 aliphatic carbocycles. The number of ether oxygens (including phenoxy) is 1. The summed E-state index contributed by atoms with van der Waals surface area (Å²) in [6, 6.07) is 7.86. The molecule has 0 bridgehead atoms. The second-order valence-corrected chi connectivity index (χ2v) is 4.55. The molecule has 0 saturated heterocycles. The van der Waals surface area contributed by atoms with E-state index in [-0.39, 0.29) is 18.5 Å². The maximum Gasteiger partial charge on any atom is 0.119 e. The largest absolute Gasteiger partial charge is 0.497 e. The molecule has 0 amide bonds. The zero-order chi connectivity index (χ0) is 13.7. The summed E-state index contributed by atoms with van der Waals surface area (Å²) in [6.45, 7) is 3.28. The van der Waals surface area contributed by atoms with Gasteiger partial charge in [-0.1, -0.05) is 6.92 Å². The van der Waals surface area contributed by atoms with Crippen LogP contribution in [-0.4, -0.2) is 29.8 Å². The summed E-state index contributed by atoms with van der Waals surface area (Å²) >= 11 is 0. The molecule has 110 valence electrons. The summed E-state index contributed by atoms with van der Waals surface area (Å²) in [5.41, 5.74) is 2.11. The fraction of sp³-hybridized carbons (Fsp3) is 0.400. The zero-order valence-electron chi connectivity index (χ0n) is 11.8. The van der Waals surface area contributed by atoms with Gasteiger partial charge in [-0.25, -0.2) is 0 Å². The number of halogens is 1. The Labute approximate surface area is 125 Å². The minimum atomic E-state index is -0.289. The van der Waals surface area contributed by atoms with E-state index < -0.39 is 0 Å². The van der Waals surface area contributed by atoms with E-state index in [1.165, 1.54) is 0 Å². The van der Waals surface area contributed by atoms with Crippen LogP contribution in [0, 0.1) is 0 Å². The molecule has 1 unspecified atom stereocenters. The van der Waals surface area contributed by atoms with Crippen molar-refractivity contribution in [2.24, 2.45) is 0 Å².